The Bertz CT molecular complexity index is 1320. The zero-order chi connectivity index (χ0) is 27.5. The topological polar surface area (TPSA) is 92.3 Å². The van der Waals surface area contributed by atoms with Crippen LogP contribution in [-0.4, -0.2) is 45.3 Å². The average molecular weight is 535 g/mol. The van der Waals surface area contributed by atoms with Gasteiger partial charge in [0.1, 0.15) is 17.2 Å². The Morgan fingerprint density at radius 1 is 0.974 bits per heavy atom. The first-order valence-electron chi connectivity index (χ1n) is 12.1. The molecule has 0 aliphatic heterocycles. The molecule has 0 saturated heterocycles. The lowest BCUT2D eigenvalue weighted by atomic mass is 10.1. The highest BCUT2D eigenvalue weighted by atomic mass is 35.5. The number of benzene rings is 3. The molecular weight excluding hydrogens is 504 g/mol. The van der Waals surface area contributed by atoms with E-state index in [-0.39, 0.29) is 16.3 Å². The summed E-state index contributed by atoms with van der Waals surface area (Å²) in [5.41, 5.74) is 5.15. The molecule has 0 bridgehead atoms. The number of methoxy groups -OCH3 is 2. The maximum atomic E-state index is 13.1. The number of rotatable bonds is 11. The molecule has 3 aromatic rings. The normalized spacial score (nSPS) is 11.2. The van der Waals surface area contributed by atoms with E-state index in [1.165, 1.54) is 13.3 Å². The zero-order valence-electron chi connectivity index (χ0n) is 21.8. The van der Waals surface area contributed by atoms with Crippen LogP contribution in [0.15, 0.2) is 77.5 Å². The van der Waals surface area contributed by atoms with Gasteiger partial charge in [-0.1, -0.05) is 35.9 Å². The van der Waals surface area contributed by atoms with Crippen molar-refractivity contribution in [2.24, 2.45) is 5.10 Å². The lowest BCUT2D eigenvalue weighted by Gasteiger charge is -2.21. The summed E-state index contributed by atoms with van der Waals surface area (Å²) in [7, 11) is 3.09. The molecule has 0 aliphatic carbocycles. The molecule has 0 spiro atoms. The Labute approximate surface area is 227 Å². The molecule has 0 heterocycles. The van der Waals surface area contributed by atoms with Crippen molar-refractivity contribution in [2.75, 3.05) is 32.2 Å². The zero-order valence-corrected chi connectivity index (χ0v) is 22.6. The van der Waals surface area contributed by atoms with Gasteiger partial charge in [0.15, 0.2) is 0 Å². The molecule has 0 saturated carbocycles. The first-order valence-corrected chi connectivity index (χ1v) is 12.5. The van der Waals surface area contributed by atoms with Crippen LogP contribution in [0.1, 0.15) is 35.3 Å². The lowest BCUT2D eigenvalue weighted by Crippen LogP contribution is -2.33. The number of carbonyl (C=O) groups is 2. The predicted molar refractivity (Wildman–Crippen MR) is 152 cm³/mol. The summed E-state index contributed by atoms with van der Waals surface area (Å²) in [6, 6.07) is 19.5. The Hall–Kier alpha value is -4.30. The van der Waals surface area contributed by atoms with Gasteiger partial charge >= 0.3 is 0 Å². The summed E-state index contributed by atoms with van der Waals surface area (Å²) in [6.45, 7) is 5.94. The van der Waals surface area contributed by atoms with Crippen molar-refractivity contribution in [3.63, 3.8) is 0 Å². The van der Waals surface area contributed by atoms with E-state index in [2.05, 4.69) is 34.6 Å². The monoisotopic (exact) mass is 534 g/mol. The summed E-state index contributed by atoms with van der Waals surface area (Å²) in [5, 5.41) is 7.00. The third-order valence-corrected chi connectivity index (χ3v) is 6.08. The molecule has 2 N–H and O–H groups in total. The second-order valence-electron chi connectivity index (χ2n) is 8.06. The van der Waals surface area contributed by atoms with Crippen molar-refractivity contribution in [3.05, 3.63) is 94.1 Å². The van der Waals surface area contributed by atoms with Gasteiger partial charge in [0.2, 0.25) is 0 Å². The maximum absolute atomic E-state index is 13.1. The molecule has 38 heavy (non-hydrogen) atoms. The quantitative estimate of drug-likeness (QED) is 0.202. The lowest BCUT2D eigenvalue weighted by molar-refractivity contribution is -0.117. The summed E-state index contributed by atoms with van der Waals surface area (Å²) >= 11 is 6.19. The van der Waals surface area contributed by atoms with Crippen LogP contribution in [0.3, 0.4) is 0 Å². The number of halogens is 1. The van der Waals surface area contributed by atoms with E-state index in [0.29, 0.717) is 17.1 Å². The van der Waals surface area contributed by atoms with E-state index in [1.807, 2.05) is 24.3 Å². The number of hydrogen-bond acceptors (Lipinski definition) is 6. The number of nitrogens with one attached hydrogen (secondary N) is 2. The van der Waals surface area contributed by atoms with E-state index in [9.17, 15) is 9.59 Å². The molecule has 8 nitrogen and oxygen atoms in total. The van der Waals surface area contributed by atoms with Crippen LogP contribution in [0.4, 0.5) is 5.69 Å². The molecule has 0 atom stereocenters. The average Bonchev–Trinajstić information content (AvgIpc) is 2.94. The maximum Gasteiger partial charge on any atom is 0.287 e. The summed E-state index contributed by atoms with van der Waals surface area (Å²) in [4.78, 5) is 28.3. The number of hydrogen-bond donors (Lipinski definition) is 2. The molecule has 0 radical (unpaired) electrons. The van der Waals surface area contributed by atoms with Crippen molar-refractivity contribution < 1.29 is 19.1 Å². The highest BCUT2D eigenvalue weighted by Crippen LogP contribution is 2.23. The number of ether oxygens (including phenoxy) is 2. The van der Waals surface area contributed by atoms with E-state index < -0.39 is 11.8 Å². The number of nitrogens with zero attached hydrogens (tertiary/aromatic N) is 2. The van der Waals surface area contributed by atoms with Gasteiger partial charge in [-0.15, -0.1) is 0 Å². The number of anilines is 1. The van der Waals surface area contributed by atoms with Crippen molar-refractivity contribution in [2.45, 2.75) is 13.8 Å². The first kappa shape index (κ1) is 28.3. The van der Waals surface area contributed by atoms with Gasteiger partial charge in [0.25, 0.3) is 11.8 Å². The molecule has 3 aromatic carbocycles. The van der Waals surface area contributed by atoms with Gasteiger partial charge in [-0.05, 0) is 61.9 Å². The van der Waals surface area contributed by atoms with E-state index in [1.54, 1.807) is 55.7 Å². The van der Waals surface area contributed by atoms with Crippen molar-refractivity contribution >= 4 is 41.4 Å². The van der Waals surface area contributed by atoms with Crippen LogP contribution >= 0.6 is 11.6 Å². The Balaban J connectivity index is 1.86. The summed E-state index contributed by atoms with van der Waals surface area (Å²) < 4.78 is 10.6. The molecule has 0 unspecified atom stereocenters. The molecular formula is C29H31ClN4O4. The Morgan fingerprint density at radius 2 is 1.68 bits per heavy atom. The Kier molecular flexibility index (Phi) is 10.3. The fourth-order valence-corrected chi connectivity index (χ4v) is 3.90. The van der Waals surface area contributed by atoms with Gasteiger partial charge in [-0.25, -0.2) is 5.43 Å². The second kappa shape index (κ2) is 13.9. The standard InChI is InChI=1S/C29H31ClN4O4/c1-5-34(6-2)22-14-11-20(12-15-22)17-26(32-28(35)24-9-7-8-10-25(24)30)29(36)33-31-19-21-13-16-23(37-3)18-27(21)38-4/h7-19H,5-6H2,1-4H3,(H,32,35)(H,33,36)/b26-17+,31-19+. The minimum Gasteiger partial charge on any atom is -0.497 e. The van der Waals surface area contributed by atoms with Crippen molar-refractivity contribution in [3.8, 4) is 11.5 Å². The van der Waals surface area contributed by atoms with E-state index in [4.69, 9.17) is 21.1 Å². The molecule has 0 aromatic heterocycles. The van der Waals surface area contributed by atoms with Gasteiger partial charge in [0.05, 0.1) is 31.0 Å². The van der Waals surface area contributed by atoms with Gasteiger partial charge < -0.3 is 19.7 Å². The highest BCUT2D eigenvalue weighted by Gasteiger charge is 2.16. The predicted octanol–water partition coefficient (Wildman–Crippen LogP) is 5.12. The minimum absolute atomic E-state index is 0.00403. The molecule has 3 rings (SSSR count). The van der Waals surface area contributed by atoms with Crippen LogP contribution in [0.25, 0.3) is 6.08 Å². The van der Waals surface area contributed by atoms with Crippen molar-refractivity contribution in [1.82, 2.24) is 10.7 Å². The SMILES string of the molecule is CCN(CC)c1ccc(/C=C(/NC(=O)c2ccccc2Cl)C(=O)N/N=C/c2ccc(OC)cc2OC)cc1. The van der Waals surface area contributed by atoms with Crippen molar-refractivity contribution in [1.29, 1.82) is 0 Å². The molecule has 0 fully saturated rings. The van der Waals surface area contributed by atoms with Gasteiger partial charge in [-0.2, -0.15) is 5.10 Å². The van der Waals surface area contributed by atoms with Crippen LogP contribution in [-0.2, 0) is 4.79 Å². The minimum atomic E-state index is -0.609. The molecule has 9 heteroatoms. The van der Waals surface area contributed by atoms with E-state index >= 15 is 0 Å². The smallest absolute Gasteiger partial charge is 0.287 e. The van der Waals surface area contributed by atoms with E-state index in [0.717, 1.165) is 24.3 Å². The fraction of sp³-hybridized carbons (Fsp3) is 0.207. The largest absolute Gasteiger partial charge is 0.497 e. The third kappa shape index (κ3) is 7.36. The van der Waals surface area contributed by atoms with Crippen LogP contribution < -0.4 is 25.1 Å². The number of amides is 2. The highest BCUT2D eigenvalue weighted by molar-refractivity contribution is 6.34. The molecule has 0 aliphatic rings. The summed E-state index contributed by atoms with van der Waals surface area (Å²) in [5.74, 6) is 0.0282. The second-order valence-corrected chi connectivity index (χ2v) is 8.47. The van der Waals surface area contributed by atoms with Crippen LogP contribution in [0, 0.1) is 0 Å². The van der Waals surface area contributed by atoms with Gasteiger partial charge in [0, 0.05) is 30.4 Å². The molecule has 2 amide bonds. The Morgan fingerprint density at radius 3 is 2.32 bits per heavy atom. The number of carbonyl (C=O) groups excluding carboxylic acids is 2. The molecule has 198 valence electrons. The van der Waals surface area contributed by atoms with Crippen LogP contribution in [0.5, 0.6) is 11.5 Å². The van der Waals surface area contributed by atoms with Crippen LogP contribution in [0.2, 0.25) is 5.02 Å². The fourth-order valence-electron chi connectivity index (χ4n) is 3.68. The summed E-state index contributed by atoms with van der Waals surface area (Å²) in [6.07, 6.45) is 3.03. The number of hydrazone groups is 1. The first-order chi connectivity index (χ1) is 18.4. The van der Waals surface area contributed by atoms with Gasteiger partial charge in [-0.3, -0.25) is 9.59 Å². The third-order valence-electron chi connectivity index (χ3n) is 5.75.